The maximum Gasteiger partial charge on any atom is 0.251 e. The van der Waals surface area contributed by atoms with Crippen molar-refractivity contribution in [2.45, 2.75) is 30.7 Å². The summed E-state index contributed by atoms with van der Waals surface area (Å²) >= 11 is 0. The standard InChI is InChI=1S/C19H22N2O3S/c22-19(16-9-3-1-4-10-16)20-15-17-11-5-6-12-18(17)25(23,24)21-13-7-2-8-14-21/h1,3-6,9-12H,2,7-8,13-15H2,(H,20,22). The highest BCUT2D eigenvalue weighted by molar-refractivity contribution is 7.89. The molecule has 1 N–H and O–H groups in total. The minimum Gasteiger partial charge on any atom is -0.348 e. The first-order valence-electron chi connectivity index (χ1n) is 8.50. The molecule has 0 radical (unpaired) electrons. The second kappa shape index (κ2) is 7.80. The van der Waals surface area contributed by atoms with E-state index < -0.39 is 10.0 Å². The Morgan fingerprint density at radius 3 is 2.28 bits per heavy atom. The minimum absolute atomic E-state index is 0.178. The van der Waals surface area contributed by atoms with E-state index in [1.807, 2.05) is 6.07 Å². The Labute approximate surface area is 148 Å². The van der Waals surface area contributed by atoms with E-state index in [1.54, 1.807) is 52.8 Å². The second-order valence-corrected chi connectivity index (χ2v) is 8.03. The summed E-state index contributed by atoms with van der Waals surface area (Å²) in [6.45, 7) is 1.30. The number of piperidine rings is 1. The highest BCUT2D eigenvalue weighted by Gasteiger charge is 2.27. The maximum atomic E-state index is 12.9. The van der Waals surface area contributed by atoms with E-state index in [0.29, 0.717) is 24.2 Å². The van der Waals surface area contributed by atoms with Crippen molar-refractivity contribution in [2.75, 3.05) is 13.1 Å². The van der Waals surface area contributed by atoms with Gasteiger partial charge in [-0.05, 0) is 36.6 Å². The molecule has 1 fully saturated rings. The molecule has 1 aliphatic heterocycles. The van der Waals surface area contributed by atoms with Gasteiger partial charge in [0, 0.05) is 25.2 Å². The zero-order chi connectivity index (χ0) is 17.7. The molecule has 1 aliphatic rings. The van der Waals surface area contributed by atoms with Crippen LogP contribution in [0.3, 0.4) is 0 Å². The summed E-state index contributed by atoms with van der Waals surface area (Å²) in [5.74, 6) is -0.217. The molecular weight excluding hydrogens is 336 g/mol. The van der Waals surface area contributed by atoms with Crippen molar-refractivity contribution in [3.63, 3.8) is 0 Å². The predicted molar refractivity (Wildman–Crippen MR) is 96.7 cm³/mol. The number of rotatable bonds is 5. The van der Waals surface area contributed by atoms with Crippen LogP contribution >= 0.6 is 0 Å². The molecule has 25 heavy (non-hydrogen) atoms. The zero-order valence-corrected chi connectivity index (χ0v) is 14.8. The van der Waals surface area contributed by atoms with E-state index in [9.17, 15) is 13.2 Å². The van der Waals surface area contributed by atoms with Crippen molar-refractivity contribution < 1.29 is 13.2 Å². The average molecular weight is 358 g/mol. The van der Waals surface area contributed by atoms with E-state index in [1.165, 1.54) is 0 Å². The van der Waals surface area contributed by atoms with Crippen molar-refractivity contribution in [3.05, 3.63) is 65.7 Å². The van der Waals surface area contributed by atoms with Gasteiger partial charge in [-0.3, -0.25) is 4.79 Å². The Kier molecular flexibility index (Phi) is 5.50. The number of nitrogens with one attached hydrogen (secondary N) is 1. The summed E-state index contributed by atoms with van der Waals surface area (Å²) in [7, 11) is -3.52. The molecule has 0 atom stereocenters. The fourth-order valence-electron chi connectivity index (χ4n) is 3.01. The van der Waals surface area contributed by atoms with E-state index in [-0.39, 0.29) is 17.3 Å². The van der Waals surface area contributed by atoms with E-state index >= 15 is 0 Å². The van der Waals surface area contributed by atoms with Gasteiger partial charge in [0.1, 0.15) is 0 Å². The third-order valence-electron chi connectivity index (χ3n) is 4.38. The molecule has 0 bridgehead atoms. The van der Waals surface area contributed by atoms with Gasteiger partial charge in [-0.25, -0.2) is 8.42 Å². The lowest BCUT2D eigenvalue weighted by Crippen LogP contribution is -2.36. The maximum absolute atomic E-state index is 12.9. The Balaban J connectivity index is 1.78. The molecule has 0 aliphatic carbocycles. The Morgan fingerprint density at radius 2 is 1.56 bits per heavy atom. The first kappa shape index (κ1) is 17.6. The summed E-state index contributed by atoms with van der Waals surface area (Å²) in [5.41, 5.74) is 1.16. The molecule has 2 aromatic rings. The molecule has 1 amide bonds. The number of carbonyl (C=O) groups is 1. The van der Waals surface area contributed by atoms with Crippen LogP contribution in [-0.2, 0) is 16.6 Å². The topological polar surface area (TPSA) is 66.5 Å². The Morgan fingerprint density at radius 1 is 0.920 bits per heavy atom. The van der Waals surface area contributed by atoms with Gasteiger partial charge in [0.2, 0.25) is 10.0 Å². The van der Waals surface area contributed by atoms with E-state index in [0.717, 1.165) is 19.3 Å². The number of sulfonamides is 1. The quantitative estimate of drug-likeness (QED) is 0.894. The van der Waals surface area contributed by atoms with Gasteiger partial charge in [-0.2, -0.15) is 4.31 Å². The largest absolute Gasteiger partial charge is 0.348 e. The van der Waals surface area contributed by atoms with Crippen LogP contribution in [0.15, 0.2) is 59.5 Å². The highest BCUT2D eigenvalue weighted by Crippen LogP contribution is 2.23. The lowest BCUT2D eigenvalue weighted by molar-refractivity contribution is 0.0950. The van der Waals surface area contributed by atoms with Crippen LogP contribution in [-0.4, -0.2) is 31.7 Å². The molecule has 2 aromatic carbocycles. The second-order valence-electron chi connectivity index (χ2n) is 6.12. The Bertz CT molecular complexity index is 829. The molecule has 1 heterocycles. The third kappa shape index (κ3) is 4.08. The van der Waals surface area contributed by atoms with Crippen LogP contribution in [0.5, 0.6) is 0 Å². The number of hydrogen-bond donors (Lipinski definition) is 1. The van der Waals surface area contributed by atoms with E-state index in [2.05, 4.69) is 5.32 Å². The average Bonchev–Trinajstić information content (AvgIpc) is 2.67. The lowest BCUT2D eigenvalue weighted by Gasteiger charge is -2.26. The lowest BCUT2D eigenvalue weighted by atomic mass is 10.2. The fourth-order valence-corrected chi connectivity index (χ4v) is 4.75. The van der Waals surface area contributed by atoms with Crippen LogP contribution in [0.25, 0.3) is 0 Å². The summed E-state index contributed by atoms with van der Waals surface area (Å²) < 4.78 is 27.4. The summed E-state index contributed by atoms with van der Waals surface area (Å²) in [6.07, 6.45) is 2.86. The predicted octanol–water partition coefficient (Wildman–Crippen LogP) is 2.79. The SMILES string of the molecule is O=C(NCc1ccccc1S(=O)(=O)N1CCCCC1)c1ccccc1. The van der Waals surface area contributed by atoms with Crippen LogP contribution in [0.4, 0.5) is 0 Å². The first-order valence-corrected chi connectivity index (χ1v) is 9.94. The van der Waals surface area contributed by atoms with Gasteiger partial charge < -0.3 is 5.32 Å². The number of amides is 1. The van der Waals surface area contributed by atoms with Crippen LogP contribution in [0, 0.1) is 0 Å². The van der Waals surface area contributed by atoms with Crippen molar-refractivity contribution in [3.8, 4) is 0 Å². The molecule has 0 aromatic heterocycles. The number of nitrogens with zero attached hydrogens (tertiary/aromatic N) is 1. The molecule has 3 rings (SSSR count). The monoisotopic (exact) mass is 358 g/mol. The molecule has 0 unspecified atom stereocenters. The number of carbonyl (C=O) groups excluding carboxylic acids is 1. The van der Waals surface area contributed by atoms with Crippen molar-refractivity contribution >= 4 is 15.9 Å². The van der Waals surface area contributed by atoms with Crippen molar-refractivity contribution in [1.29, 1.82) is 0 Å². The molecule has 0 spiro atoms. The van der Waals surface area contributed by atoms with Gasteiger partial charge in [0.05, 0.1) is 4.90 Å². The zero-order valence-electron chi connectivity index (χ0n) is 14.0. The van der Waals surface area contributed by atoms with Crippen LogP contribution in [0.2, 0.25) is 0 Å². The number of benzene rings is 2. The molecule has 1 saturated heterocycles. The molecular formula is C19H22N2O3S. The van der Waals surface area contributed by atoms with Gasteiger partial charge in [-0.1, -0.05) is 42.8 Å². The van der Waals surface area contributed by atoms with E-state index in [4.69, 9.17) is 0 Å². The molecule has 6 heteroatoms. The molecule has 0 saturated carbocycles. The summed E-state index contributed by atoms with van der Waals surface area (Å²) in [5, 5.41) is 2.81. The smallest absolute Gasteiger partial charge is 0.251 e. The normalized spacial score (nSPS) is 15.7. The summed E-state index contributed by atoms with van der Waals surface area (Å²) in [6, 6.07) is 15.8. The Hall–Kier alpha value is -2.18. The van der Waals surface area contributed by atoms with Crippen molar-refractivity contribution in [1.82, 2.24) is 9.62 Å². The first-order chi connectivity index (χ1) is 12.1. The van der Waals surface area contributed by atoms with Crippen molar-refractivity contribution in [2.24, 2.45) is 0 Å². The van der Waals surface area contributed by atoms with Gasteiger partial charge in [0.25, 0.3) is 5.91 Å². The minimum atomic E-state index is -3.52. The van der Waals surface area contributed by atoms with Crippen LogP contribution in [0.1, 0.15) is 35.2 Å². The van der Waals surface area contributed by atoms with Gasteiger partial charge in [-0.15, -0.1) is 0 Å². The highest BCUT2D eigenvalue weighted by atomic mass is 32.2. The summed E-state index contributed by atoms with van der Waals surface area (Å²) in [4.78, 5) is 12.5. The van der Waals surface area contributed by atoms with Gasteiger partial charge in [0.15, 0.2) is 0 Å². The van der Waals surface area contributed by atoms with Crippen LogP contribution < -0.4 is 5.32 Å². The van der Waals surface area contributed by atoms with Gasteiger partial charge >= 0.3 is 0 Å². The third-order valence-corrected chi connectivity index (χ3v) is 6.38. The molecule has 5 nitrogen and oxygen atoms in total. The fraction of sp³-hybridized carbons (Fsp3) is 0.316. The number of hydrogen-bond acceptors (Lipinski definition) is 3. The molecule has 132 valence electrons.